The summed E-state index contributed by atoms with van der Waals surface area (Å²) >= 11 is 0. The van der Waals surface area contributed by atoms with Gasteiger partial charge >= 0.3 is 0 Å². The van der Waals surface area contributed by atoms with Crippen molar-refractivity contribution in [3.05, 3.63) is 41.6 Å². The van der Waals surface area contributed by atoms with Crippen LogP contribution < -0.4 is 0 Å². The standard InChI is InChI=1S/C18H23N3O3/c1-13-17(6-9-24-13)18(22)20-10-15-4-7-19-21(15)8-5-16(20)12-23-11-14-2-3-14/h4,6-7,9,14,16H,2-3,5,8,10-12H2,1H3/t16-/m0/s1. The Morgan fingerprint density at radius 2 is 2.21 bits per heavy atom. The topological polar surface area (TPSA) is 60.5 Å². The molecule has 2 aromatic rings. The van der Waals surface area contributed by atoms with E-state index in [0.29, 0.717) is 24.5 Å². The molecule has 6 heteroatoms. The van der Waals surface area contributed by atoms with Gasteiger partial charge < -0.3 is 14.1 Å². The van der Waals surface area contributed by atoms with E-state index in [9.17, 15) is 4.79 Å². The predicted octanol–water partition coefficient (Wildman–Crippen LogP) is 2.63. The molecule has 4 rings (SSSR count). The summed E-state index contributed by atoms with van der Waals surface area (Å²) < 4.78 is 13.2. The van der Waals surface area contributed by atoms with E-state index in [1.807, 2.05) is 22.6 Å². The number of fused-ring (bicyclic) bond motifs is 1. The first-order valence-electron chi connectivity index (χ1n) is 8.66. The Kier molecular flexibility index (Phi) is 4.14. The number of carbonyl (C=O) groups is 1. The largest absolute Gasteiger partial charge is 0.469 e. The Morgan fingerprint density at radius 1 is 1.33 bits per heavy atom. The molecule has 0 unspecified atom stereocenters. The summed E-state index contributed by atoms with van der Waals surface area (Å²) in [5.41, 5.74) is 1.70. The van der Waals surface area contributed by atoms with Gasteiger partial charge in [0, 0.05) is 19.3 Å². The third-order valence-corrected chi connectivity index (χ3v) is 4.96. The molecule has 0 saturated heterocycles. The average molecular weight is 329 g/mol. The monoisotopic (exact) mass is 329 g/mol. The molecule has 128 valence electrons. The molecule has 1 aliphatic carbocycles. The number of ether oxygens (including phenoxy) is 1. The SMILES string of the molecule is Cc1occc1C(=O)N1Cc2ccnn2CC[C@H]1COCC1CC1. The number of amides is 1. The van der Waals surface area contributed by atoms with Gasteiger partial charge in [0.2, 0.25) is 0 Å². The predicted molar refractivity (Wildman–Crippen MR) is 87.5 cm³/mol. The van der Waals surface area contributed by atoms with Crippen LogP contribution in [0.1, 0.15) is 41.1 Å². The van der Waals surface area contributed by atoms with E-state index in [4.69, 9.17) is 9.15 Å². The van der Waals surface area contributed by atoms with Crippen LogP contribution in [-0.2, 0) is 17.8 Å². The van der Waals surface area contributed by atoms with Gasteiger partial charge in [-0.3, -0.25) is 9.48 Å². The third kappa shape index (κ3) is 3.11. The molecule has 2 aliphatic rings. The van der Waals surface area contributed by atoms with Crippen LogP contribution in [0.25, 0.3) is 0 Å². The van der Waals surface area contributed by atoms with Crippen LogP contribution >= 0.6 is 0 Å². The summed E-state index contributed by atoms with van der Waals surface area (Å²) in [4.78, 5) is 15.0. The van der Waals surface area contributed by atoms with E-state index in [1.165, 1.54) is 12.8 Å². The van der Waals surface area contributed by atoms with Gasteiger partial charge in [0.15, 0.2) is 0 Å². The van der Waals surface area contributed by atoms with E-state index in [0.717, 1.165) is 31.2 Å². The molecule has 24 heavy (non-hydrogen) atoms. The minimum atomic E-state index is 0.0101. The number of aromatic nitrogens is 2. The highest BCUT2D eigenvalue weighted by molar-refractivity contribution is 5.95. The number of carbonyl (C=O) groups excluding carboxylic acids is 1. The number of nitrogens with zero attached hydrogens (tertiary/aromatic N) is 3. The Bertz CT molecular complexity index is 717. The molecule has 0 N–H and O–H groups in total. The minimum Gasteiger partial charge on any atom is -0.469 e. The molecule has 0 spiro atoms. The van der Waals surface area contributed by atoms with Crippen molar-refractivity contribution in [2.45, 2.75) is 45.3 Å². The molecular weight excluding hydrogens is 306 g/mol. The first-order chi connectivity index (χ1) is 11.7. The number of rotatable bonds is 5. The summed E-state index contributed by atoms with van der Waals surface area (Å²) in [6.07, 6.45) is 6.77. The van der Waals surface area contributed by atoms with Gasteiger partial charge in [0.1, 0.15) is 5.76 Å². The van der Waals surface area contributed by atoms with Gasteiger partial charge in [-0.25, -0.2) is 0 Å². The third-order valence-electron chi connectivity index (χ3n) is 4.96. The molecule has 1 amide bonds. The van der Waals surface area contributed by atoms with Gasteiger partial charge in [0.25, 0.3) is 5.91 Å². The molecule has 0 aromatic carbocycles. The van der Waals surface area contributed by atoms with E-state index >= 15 is 0 Å². The quantitative estimate of drug-likeness (QED) is 0.846. The lowest BCUT2D eigenvalue weighted by Crippen LogP contribution is -2.42. The van der Waals surface area contributed by atoms with Gasteiger partial charge in [-0.05, 0) is 44.2 Å². The fraction of sp³-hybridized carbons (Fsp3) is 0.556. The molecule has 0 radical (unpaired) electrons. The fourth-order valence-electron chi connectivity index (χ4n) is 3.25. The highest BCUT2D eigenvalue weighted by atomic mass is 16.5. The van der Waals surface area contributed by atoms with Crippen molar-refractivity contribution in [2.75, 3.05) is 13.2 Å². The van der Waals surface area contributed by atoms with Crippen molar-refractivity contribution >= 4 is 5.91 Å². The first-order valence-corrected chi connectivity index (χ1v) is 8.66. The number of hydrogen-bond donors (Lipinski definition) is 0. The summed E-state index contributed by atoms with van der Waals surface area (Å²) in [5.74, 6) is 1.40. The van der Waals surface area contributed by atoms with E-state index in [2.05, 4.69) is 5.10 Å². The van der Waals surface area contributed by atoms with Crippen LogP contribution in [-0.4, -0.2) is 39.8 Å². The van der Waals surface area contributed by atoms with Crippen LogP contribution in [0.3, 0.4) is 0 Å². The maximum Gasteiger partial charge on any atom is 0.258 e. The zero-order chi connectivity index (χ0) is 16.5. The molecule has 0 bridgehead atoms. The maximum atomic E-state index is 13.1. The molecule has 1 aliphatic heterocycles. The number of aryl methyl sites for hydroxylation is 2. The van der Waals surface area contributed by atoms with Crippen LogP contribution in [0.5, 0.6) is 0 Å². The lowest BCUT2D eigenvalue weighted by molar-refractivity contribution is 0.0369. The van der Waals surface area contributed by atoms with Crippen molar-refractivity contribution in [3.63, 3.8) is 0 Å². The highest BCUT2D eigenvalue weighted by Crippen LogP contribution is 2.29. The highest BCUT2D eigenvalue weighted by Gasteiger charge is 2.31. The van der Waals surface area contributed by atoms with Crippen molar-refractivity contribution in [3.8, 4) is 0 Å². The van der Waals surface area contributed by atoms with Crippen LogP contribution in [0, 0.1) is 12.8 Å². The fourth-order valence-corrected chi connectivity index (χ4v) is 3.25. The Hall–Kier alpha value is -2.08. The van der Waals surface area contributed by atoms with Gasteiger partial charge in [-0.2, -0.15) is 5.10 Å². The van der Waals surface area contributed by atoms with Crippen molar-refractivity contribution in [2.24, 2.45) is 5.92 Å². The molecule has 6 nitrogen and oxygen atoms in total. The second-order valence-electron chi connectivity index (χ2n) is 6.79. The average Bonchev–Trinajstić information content (AvgIpc) is 3.19. The number of hydrogen-bond acceptors (Lipinski definition) is 4. The zero-order valence-electron chi connectivity index (χ0n) is 14.0. The van der Waals surface area contributed by atoms with Gasteiger partial charge in [0.05, 0.1) is 36.7 Å². The second-order valence-corrected chi connectivity index (χ2v) is 6.79. The molecule has 1 fully saturated rings. The van der Waals surface area contributed by atoms with E-state index in [1.54, 1.807) is 18.5 Å². The Balaban J connectivity index is 1.54. The number of furan rings is 1. The summed E-state index contributed by atoms with van der Waals surface area (Å²) in [6.45, 7) is 4.60. The Morgan fingerprint density at radius 3 is 2.96 bits per heavy atom. The van der Waals surface area contributed by atoms with Crippen LogP contribution in [0.2, 0.25) is 0 Å². The zero-order valence-corrected chi connectivity index (χ0v) is 14.0. The lowest BCUT2D eigenvalue weighted by Gasteiger charge is -2.29. The summed E-state index contributed by atoms with van der Waals surface area (Å²) in [5, 5.41) is 4.36. The first kappa shape index (κ1) is 15.4. The lowest BCUT2D eigenvalue weighted by atomic mass is 10.1. The molecule has 2 aromatic heterocycles. The minimum absolute atomic E-state index is 0.0101. The molecular formula is C18H23N3O3. The summed E-state index contributed by atoms with van der Waals surface area (Å²) in [6, 6.07) is 3.80. The Labute approximate surface area is 141 Å². The second kappa shape index (κ2) is 6.43. The normalized spacial score (nSPS) is 20.7. The van der Waals surface area contributed by atoms with Crippen molar-refractivity contribution < 1.29 is 13.9 Å². The molecule has 1 saturated carbocycles. The van der Waals surface area contributed by atoms with Crippen molar-refractivity contribution in [1.29, 1.82) is 0 Å². The van der Waals surface area contributed by atoms with Crippen LogP contribution in [0.4, 0.5) is 0 Å². The molecule has 3 heterocycles. The van der Waals surface area contributed by atoms with E-state index < -0.39 is 0 Å². The van der Waals surface area contributed by atoms with Gasteiger partial charge in [-0.15, -0.1) is 0 Å². The van der Waals surface area contributed by atoms with Crippen LogP contribution in [0.15, 0.2) is 29.0 Å². The van der Waals surface area contributed by atoms with E-state index in [-0.39, 0.29) is 11.9 Å². The summed E-state index contributed by atoms with van der Waals surface area (Å²) in [7, 11) is 0. The smallest absolute Gasteiger partial charge is 0.258 e. The molecule has 1 atom stereocenters. The van der Waals surface area contributed by atoms with Gasteiger partial charge in [-0.1, -0.05) is 0 Å². The van der Waals surface area contributed by atoms with Crippen molar-refractivity contribution in [1.82, 2.24) is 14.7 Å². The maximum absolute atomic E-state index is 13.1.